The van der Waals surface area contributed by atoms with Crippen LogP contribution in [0.25, 0.3) is 0 Å². The lowest BCUT2D eigenvalue weighted by molar-refractivity contribution is 0.184. The van der Waals surface area contributed by atoms with E-state index in [1.165, 1.54) is 31.2 Å². The van der Waals surface area contributed by atoms with Gasteiger partial charge in [0.1, 0.15) is 5.82 Å². The summed E-state index contributed by atoms with van der Waals surface area (Å²) in [7, 11) is 1.62. The molecule has 29 heavy (non-hydrogen) atoms. The summed E-state index contributed by atoms with van der Waals surface area (Å²) in [6.45, 7) is 4.23. The van der Waals surface area contributed by atoms with Gasteiger partial charge in [-0.05, 0) is 49.4 Å². The van der Waals surface area contributed by atoms with Gasteiger partial charge < -0.3 is 19.9 Å². The molecule has 6 heteroatoms. The molecule has 2 heterocycles. The summed E-state index contributed by atoms with van der Waals surface area (Å²) in [6.07, 6.45) is 5.24. The van der Waals surface area contributed by atoms with Gasteiger partial charge in [0.15, 0.2) is 0 Å². The van der Waals surface area contributed by atoms with E-state index in [2.05, 4.69) is 34.3 Å². The molecule has 2 amide bonds. The van der Waals surface area contributed by atoms with Gasteiger partial charge in [0.25, 0.3) is 0 Å². The van der Waals surface area contributed by atoms with Gasteiger partial charge >= 0.3 is 6.03 Å². The first-order valence-corrected chi connectivity index (χ1v) is 10.6. The topological polar surface area (TPSA) is 57.7 Å². The Morgan fingerprint density at radius 2 is 1.86 bits per heavy atom. The van der Waals surface area contributed by atoms with Crippen LogP contribution in [0.2, 0.25) is 0 Å². The molecule has 0 radical (unpaired) electrons. The van der Waals surface area contributed by atoms with Crippen LogP contribution < -0.4 is 15.0 Å². The molecule has 1 atom stereocenters. The minimum absolute atomic E-state index is 0.0376. The van der Waals surface area contributed by atoms with Crippen LogP contribution in [0.3, 0.4) is 0 Å². The Kier molecular flexibility index (Phi) is 5.88. The highest BCUT2D eigenvalue weighted by atomic mass is 16.5. The number of pyridine rings is 1. The zero-order valence-corrected chi connectivity index (χ0v) is 17.3. The van der Waals surface area contributed by atoms with Crippen molar-refractivity contribution in [3.8, 4) is 5.88 Å². The number of ether oxygens (including phenoxy) is 1. The smallest absolute Gasteiger partial charge is 0.322 e. The molecular weight excluding hydrogens is 364 g/mol. The number of nitrogens with one attached hydrogen (secondary N) is 1. The number of anilines is 2. The number of aromatic nitrogens is 1. The van der Waals surface area contributed by atoms with E-state index in [0.717, 1.165) is 24.6 Å². The fourth-order valence-corrected chi connectivity index (χ4v) is 4.45. The number of urea groups is 1. The molecule has 1 aromatic carbocycles. The van der Waals surface area contributed by atoms with Crippen LogP contribution in [0, 0.1) is 0 Å². The maximum Gasteiger partial charge on any atom is 0.322 e. The summed E-state index contributed by atoms with van der Waals surface area (Å²) >= 11 is 0. The Labute approximate surface area is 172 Å². The number of piperazine rings is 1. The largest absolute Gasteiger partial charge is 0.481 e. The van der Waals surface area contributed by atoms with E-state index in [1.807, 2.05) is 35.2 Å². The Hall–Kier alpha value is -2.76. The van der Waals surface area contributed by atoms with Gasteiger partial charge in [0.05, 0.1) is 7.11 Å². The maximum atomic E-state index is 12.8. The molecule has 0 unspecified atom stereocenters. The van der Waals surface area contributed by atoms with Crippen LogP contribution in [-0.4, -0.2) is 48.7 Å². The number of carbonyl (C=O) groups is 1. The van der Waals surface area contributed by atoms with E-state index in [1.54, 1.807) is 7.11 Å². The first kappa shape index (κ1) is 19.6. The SMILES string of the molecule is COc1cccc(N2CCN(C(=O)Nc3ccc(C4CCCC4)cc3)[C@H](C)C2)n1. The van der Waals surface area contributed by atoms with E-state index in [9.17, 15) is 4.79 Å². The third-order valence-electron chi connectivity index (χ3n) is 6.12. The Morgan fingerprint density at radius 3 is 2.55 bits per heavy atom. The number of methoxy groups -OCH3 is 1. The number of hydrogen-bond acceptors (Lipinski definition) is 4. The van der Waals surface area contributed by atoms with E-state index < -0.39 is 0 Å². The molecule has 0 spiro atoms. The lowest BCUT2D eigenvalue weighted by Crippen LogP contribution is -2.55. The van der Waals surface area contributed by atoms with Gasteiger partial charge in [-0.1, -0.05) is 31.0 Å². The van der Waals surface area contributed by atoms with Gasteiger partial charge in [0.2, 0.25) is 5.88 Å². The third kappa shape index (κ3) is 4.47. The van der Waals surface area contributed by atoms with E-state index in [0.29, 0.717) is 18.3 Å². The molecule has 1 aromatic heterocycles. The molecule has 1 N–H and O–H groups in total. The van der Waals surface area contributed by atoms with E-state index in [4.69, 9.17) is 4.74 Å². The fraction of sp³-hybridized carbons (Fsp3) is 0.478. The molecule has 1 aliphatic heterocycles. The van der Waals surface area contributed by atoms with Gasteiger partial charge in [-0.15, -0.1) is 0 Å². The average molecular weight is 395 g/mol. The quantitative estimate of drug-likeness (QED) is 0.830. The average Bonchev–Trinajstić information content (AvgIpc) is 3.29. The van der Waals surface area contributed by atoms with Crippen molar-refractivity contribution in [3.05, 3.63) is 48.0 Å². The van der Waals surface area contributed by atoms with E-state index >= 15 is 0 Å². The van der Waals surface area contributed by atoms with Crippen molar-refractivity contribution in [2.24, 2.45) is 0 Å². The lowest BCUT2D eigenvalue weighted by atomic mass is 9.98. The molecule has 154 valence electrons. The monoisotopic (exact) mass is 394 g/mol. The first-order valence-electron chi connectivity index (χ1n) is 10.6. The van der Waals surface area contributed by atoms with Crippen molar-refractivity contribution in [3.63, 3.8) is 0 Å². The van der Waals surface area contributed by atoms with Crippen LogP contribution in [0.1, 0.15) is 44.1 Å². The predicted octanol–water partition coefficient (Wildman–Crippen LogP) is 4.49. The van der Waals surface area contributed by atoms with Crippen LogP contribution in [0.5, 0.6) is 5.88 Å². The number of rotatable bonds is 4. The highest BCUT2D eigenvalue weighted by Crippen LogP contribution is 2.34. The van der Waals surface area contributed by atoms with Crippen molar-refractivity contribution < 1.29 is 9.53 Å². The highest BCUT2D eigenvalue weighted by molar-refractivity contribution is 5.89. The summed E-state index contributed by atoms with van der Waals surface area (Å²) in [5, 5.41) is 3.07. The number of amides is 2. The molecule has 1 aliphatic carbocycles. The zero-order chi connectivity index (χ0) is 20.2. The van der Waals surface area contributed by atoms with Crippen molar-refractivity contribution in [2.45, 2.75) is 44.6 Å². The van der Waals surface area contributed by atoms with Gasteiger partial charge in [-0.25, -0.2) is 4.79 Å². The summed E-state index contributed by atoms with van der Waals surface area (Å²) in [5.74, 6) is 2.19. The van der Waals surface area contributed by atoms with Crippen LogP contribution >= 0.6 is 0 Å². The summed E-state index contributed by atoms with van der Waals surface area (Å²) in [6, 6.07) is 14.2. The van der Waals surface area contributed by atoms with Crippen molar-refractivity contribution in [1.82, 2.24) is 9.88 Å². The maximum absolute atomic E-state index is 12.8. The van der Waals surface area contributed by atoms with Gasteiger partial charge in [-0.3, -0.25) is 0 Å². The second kappa shape index (κ2) is 8.72. The molecule has 2 aliphatic rings. The third-order valence-corrected chi connectivity index (χ3v) is 6.12. The number of nitrogens with zero attached hydrogens (tertiary/aromatic N) is 3. The van der Waals surface area contributed by atoms with Crippen molar-refractivity contribution in [2.75, 3.05) is 37.0 Å². The summed E-state index contributed by atoms with van der Waals surface area (Å²) in [4.78, 5) is 21.4. The molecule has 6 nitrogen and oxygen atoms in total. The highest BCUT2D eigenvalue weighted by Gasteiger charge is 2.28. The Bertz CT molecular complexity index is 833. The van der Waals surface area contributed by atoms with Crippen LogP contribution in [0.4, 0.5) is 16.3 Å². The molecule has 2 aromatic rings. The number of benzene rings is 1. The minimum atomic E-state index is -0.0376. The van der Waals surface area contributed by atoms with Crippen LogP contribution in [0.15, 0.2) is 42.5 Å². The molecule has 1 saturated carbocycles. The molecule has 0 bridgehead atoms. The zero-order valence-electron chi connectivity index (χ0n) is 17.3. The molecular formula is C23H30N4O2. The summed E-state index contributed by atoms with van der Waals surface area (Å²) < 4.78 is 5.23. The number of hydrogen-bond donors (Lipinski definition) is 1. The number of carbonyl (C=O) groups excluding carboxylic acids is 1. The normalized spacial score (nSPS) is 20.0. The second-order valence-corrected chi connectivity index (χ2v) is 8.06. The predicted molar refractivity (Wildman–Crippen MR) is 116 cm³/mol. The molecule has 2 fully saturated rings. The molecule has 1 saturated heterocycles. The fourth-order valence-electron chi connectivity index (χ4n) is 4.45. The Balaban J connectivity index is 1.34. The van der Waals surface area contributed by atoms with Gasteiger partial charge in [-0.2, -0.15) is 4.98 Å². The Morgan fingerprint density at radius 1 is 1.10 bits per heavy atom. The van der Waals surface area contributed by atoms with Crippen molar-refractivity contribution in [1.29, 1.82) is 0 Å². The molecule has 4 rings (SSSR count). The van der Waals surface area contributed by atoms with Crippen molar-refractivity contribution >= 4 is 17.5 Å². The van der Waals surface area contributed by atoms with Gasteiger partial charge in [0, 0.05) is 37.4 Å². The van der Waals surface area contributed by atoms with Crippen LogP contribution in [-0.2, 0) is 0 Å². The first-order chi connectivity index (χ1) is 14.1. The second-order valence-electron chi connectivity index (χ2n) is 8.06. The standard InChI is InChI=1S/C23H30N4O2/c1-17-16-26(21-8-5-9-22(25-21)29-2)14-15-27(17)23(28)24-20-12-10-19(11-13-20)18-6-3-4-7-18/h5,8-13,17-18H,3-4,6-7,14-16H2,1-2H3,(H,24,28)/t17-/m1/s1. The van der Waals surface area contributed by atoms with E-state index in [-0.39, 0.29) is 12.1 Å². The summed E-state index contributed by atoms with van der Waals surface area (Å²) in [5.41, 5.74) is 2.26. The lowest BCUT2D eigenvalue weighted by Gasteiger charge is -2.40. The minimum Gasteiger partial charge on any atom is -0.481 e.